The van der Waals surface area contributed by atoms with E-state index in [0.717, 1.165) is 0 Å². The molecule has 0 radical (unpaired) electrons. The van der Waals surface area contributed by atoms with Crippen molar-refractivity contribution >= 4 is 37.3 Å². The lowest BCUT2D eigenvalue weighted by Crippen LogP contribution is -2.45. The van der Waals surface area contributed by atoms with Gasteiger partial charge in [-0.3, -0.25) is 8.99 Å². The maximum Gasteiger partial charge on any atom is 0.410 e. The molecule has 1 N–H and O–H groups in total. The second kappa shape index (κ2) is 9.76. The van der Waals surface area contributed by atoms with Gasteiger partial charge in [-0.1, -0.05) is 0 Å². The van der Waals surface area contributed by atoms with Crippen LogP contribution in [-0.2, 0) is 28.7 Å². The number of carbonyl (C=O) groups excluding carboxylic acids is 2. The molecule has 30 heavy (non-hydrogen) atoms. The molecule has 0 aromatic carbocycles. The van der Waals surface area contributed by atoms with Crippen LogP contribution < -0.4 is 0 Å². The SMILES string of the molecule is C=S1(=O)CCN(C(=O)OC(C)(C)C)CC1.CC(C)(C)OC(=O)N1CCS(=N)(=O)CC1. The second-order valence-electron chi connectivity index (χ2n) is 9.53. The van der Waals surface area contributed by atoms with Crippen molar-refractivity contribution in [2.45, 2.75) is 52.7 Å². The highest BCUT2D eigenvalue weighted by atomic mass is 32.2. The van der Waals surface area contributed by atoms with E-state index in [0.29, 0.717) is 37.7 Å². The third-order valence-corrected chi connectivity index (χ3v) is 7.69. The van der Waals surface area contributed by atoms with E-state index < -0.39 is 30.5 Å². The minimum Gasteiger partial charge on any atom is -0.444 e. The highest BCUT2D eigenvalue weighted by Gasteiger charge is 2.27. The fourth-order valence-corrected chi connectivity index (χ4v) is 5.06. The highest BCUT2D eigenvalue weighted by Crippen LogP contribution is 2.13. The molecule has 2 fully saturated rings. The molecule has 2 aliphatic rings. The minimum absolute atomic E-state index is 0.256. The third-order valence-electron chi connectivity index (χ3n) is 4.15. The molecule has 0 saturated carbocycles. The molecule has 2 amide bonds. The second-order valence-corrected chi connectivity index (χ2v) is 14.7. The number of carbonyl (C=O) groups is 2. The molecule has 2 heterocycles. The summed E-state index contributed by atoms with van der Waals surface area (Å²) in [6.07, 6.45) is -0.699. The van der Waals surface area contributed by atoms with Gasteiger partial charge in [-0.25, -0.2) is 13.8 Å². The summed E-state index contributed by atoms with van der Waals surface area (Å²) in [5, 5.41) is 0. The Hall–Kier alpha value is -1.49. The van der Waals surface area contributed by atoms with Crippen molar-refractivity contribution in [1.82, 2.24) is 9.80 Å². The van der Waals surface area contributed by atoms with Crippen molar-refractivity contribution in [2.75, 3.05) is 49.2 Å². The molecule has 0 unspecified atom stereocenters. The van der Waals surface area contributed by atoms with Crippen LogP contribution in [-0.4, -0.2) is 96.7 Å². The number of nitrogens with one attached hydrogen (secondary N) is 1. The van der Waals surface area contributed by atoms with E-state index >= 15 is 0 Å². The van der Waals surface area contributed by atoms with Crippen LogP contribution in [0, 0.1) is 4.78 Å². The van der Waals surface area contributed by atoms with Crippen molar-refractivity contribution in [3.63, 3.8) is 0 Å². The summed E-state index contributed by atoms with van der Waals surface area (Å²) in [5.41, 5.74) is -0.975. The lowest BCUT2D eigenvalue weighted by atomic mass is 10.2. The molecule has 2 saturated heterocycles. The van der Waals surface area contributed by atoms with E-state index in [9.17, 15) is 18.0 Å². The van der Waals surface area contributed by atoms with Crippen molar-refractivity contribution in [3.05, 3.63) is 0 Å². The van der Waals surface area contributed by atoms with Crippen molar-refractivity contribution in [1.29, 1.82) is 4.78 Å². The van der Waals surface area contributed by atoms with Crippen LogP contribution >= 0.6 is 0 Å². The van der Waals surface area contributed by atoms with Crippen molar-refractivity contribution in [2.24, 2.45) is 0 Å². The lowest BCUT2D eigenvalue weighted by molar-refractivity contribution is 0.0257. The number of hydrogen-bond donors (Lipinski definition) is 1. The molecule has 2 aliphatic heterocycles. The van der Waals surface area contributed by atoms with E-state index in [4.69, 9.17) is 14.3 Å². The Morgan fingerprint density at radius 1 is 0.767 bits per heavy atom. The Labute approximate surface area is 181 Å². The third kappa shape index (κ3) is 10.5. The van der Waals surface area contributed by atoms with Gasteiger partial charge in [0, 0.05) is 58.9 Å². The molecule has 0 aliphatic carbocycles. The Morgan fingerprint density at radius 3 is 1.37 bits per heavy atom. The van der Waals surface area contributed by atoms with Crippen LogP contribution in [0.1, 0.15) is 41.5 Å². The van der Waals surface area contributed by atoms with Gasteiger partial charge in [0.25, 0.3) is 0 Å². The van der Waals surface area contributed by atoms with Crippen molar-refractivity contribution < 1.29 is 27.5 Å². The Bertz CT molecular complexity index is 725. The average Bonchev–Trinajstić information content (AvgIpc) is 2.51. The van der Waals surface area contributed by atoms with Crippen LogP contribution in [0.3, 0.4) is 0 Å². The topological polar surface area (TPSA) is 117 Å². The molecule has 0 spiro atoms. The molecule has 176 valence electrons. The lowest BCUT2D eigenvalue weighted by Gasteiger charge is -2.31. The minimum atomic E-state index is -2.44. The fraction of sp³-hybridized carbons (Fsp3) is 0.842. The van der Waals surface area contributed by atoms with E-state index in [-0.39, 0.29) is 23.7 Å². The maximum atomic E-state index is 11.6. The molecular weight excluding hydrogens is 430 g/mol. The summed E-state index contributed by atoms with van der Waals surface area (Å²) >= 11 is 0. The Balaban J connectivity index is 0.000000300. The summed E-state index contributed by atoms with van der Waals surface area (Å²) in [4.78, 5) is 26.3. The Kier molecular flexibility index (Phi) is 8.63. The quantitative estimate of drug-likeness (QED) is 0.546. The molecule has 11 heteroatoms. The summed E-state index contributed by atoms with van der Waals surface area (Å²) in [7, 11) is -4.38. The smallest absolute Gasteiger partial charge is 0.410 e. The molecule has 0 bridgehead atoms. The first-order valence-corrected chi connectivity index (χ1v) is 13.9. The van der Waals surface area contributed by atoms with Gasteiger partial charge >= 0.3 is 12.2 Å². The average molecular weight is 468 g/mol. The van der Waals surface area contributed by atoms with Gasteiger partial charge in [0.05, 0.1) is 0 Å². The molecule has 0 aromatic heterocycles. The largest absolute Gasteiger partial charge is 0.444 e. The number of rotatable bonds is 0. The first-order chi connectivity index (χ1) is 13.4. The van der Waals surface area contributed by atoms with E-state index in [1.165, 1.54) is 4.90 Å². The highest BCUT2D eigenvalue weighted by molar-refractivity contribution is 8.00. The van der Waals surface area contributed by atoms with Gasteiger partial charge in [-0.15, -0.1) is 0 Å². The standard InChI is InChI=1S/C10H19NO3S.C9H18N2O3S/c1-10(2,3)14-9(12)11-5-7-15(4,13)8-6-11;1-9(2,3)14-8(12)11-4-6-15(10,13)7-5-11/h4-8H2,1-3H3;10H,4-7H2,1-3H3. The van der Waals surface area contributed by atoms with Crippen LogP contribution in [0.5, 0.6) is 0 Å². The van der Waals surface area contributed by atoms with Crippen molar-refractivity contribution in [3.8, 4) is 0 Å². The number of nitrogens with zero attached hydrogens (tertiary/aromatic N) is 2. The van der Waals surface area contributed by atoms with Crippen LogP contribution in [0.2, 0.25) is 0 Å². The van der Waals surface area contributed by atoms with Gasteiger partial charge in [0.2, 0.25) is 0 Å². The molecule has 2 rings (SSSR count). The molecule has 0 aromatic rings. The number of hydrogen-bond acceptors (Lipinski definition) is 7. The molecule has 9 nitrogen and oxygen atoms in total. The zero-order valence-corrected chi connectivity index (χ0v) is 20.7. The van der Waals surface area contributed by atoms with Crippen LogP contribution in [0.15, 0.2) is 0 Å². The van der Waals surface area contributed by atoms with Gasteiger partial charge in [0.1, 0.15) is 11.2 Å². The zero-order valence-electron chi connectivity index (χ0n) is 19.0. The monoisotopic (exact) mass is 467 g/mol. The summed E-state index contributed by atoms with van der Waals surface area (Å²) in [6, 6.07) is 0. The predicted molar refractivity (Wildman–Crippen MR) is 121 cm³/mol. The summed E-state index contributed by atoms with van der Waals surface area (Å²) < 4.78 is 40.7. The van der Waals surface area contributed by atoms with Crippen LogP contribution in [0.4, 0.5) is 9.59 Å². The van der Waals surface area contributed by atoms with Crippen LogP contribution in [0.25, 0.3) is 0 Å². The van der Waals surface area contributed by atoms with E-state index in [2.05, 4.69) is 5.87 Å². The van der Waals surface area contributed by atoms with Gasteiger partial charge in [-0.05, 0) is 56.9 Å². The summed E-state index contributed by atoms with van der Waals surface area (Å²) in [5.74, 6) is 5.12. The Morgan fingerprint density at radius 2 is 1.07 bits per heavy atom. The first kappa shape index (κ1) is 26.5. The zero-order chi connectivity index (χ0) is 23.4. The maximum absolute atomic E-state index is 11.6. The molecule has 0 atom stereocenters. The molecular formula is C19H37N3O6S2. The predicted octanol–water partition coefficient (Wildman–Crippen LogP) is 2.24. The number of ether oxygens (including phenoxy) is 2. The normalized spacial score (nSPS) is 21.1. The van der Waals surface area contributed by atoms with E-state index in [1.54, 1.807) is 4.90 Å². The fourth-order valence-electron chi connectivity index (χ4n) is 2.51. The number of amides is 2. The van der Waals surface area contributed by atoms with Gasteiger partial charge in [0.15, 0.2) is 0 Å². The van der Waals surface area contributed by atoms with Gasteiger partial charge in [-0.2, -0.15) is 0 Å². The first-order valence-electron chi connectivity index (χ1n) is 9.92. The van der Waals surface area contributed by atoms with Gasteiger partial charge < -0.3 is 19.3 Å². The van der Waals surface area contributed by atoms with E-state index in [1.807, 2.05) is 41.5 Å². The summed E-state index contributed by atoms with van der Waals surface area (Å²) in [6.45, 7) is 12.6.